The summed E-state index contributed by atoms with van der Waals surface area (Å²) in [6.07, 6.45) is 3.93. The number of halogens is 1. The molecule has 0 unspecified atom stereocenters. The fourth-order valence-corrected chi connectivity index (χ4v) is 3.62. The zero-order chi connectivity index (χ0) is 17.6. The zero-order valence-electron chi connectivity index (χ0n) is 14.7. The number of nitrogens with zero attached hydrogens (tertiary/aromatic N) is 1. The lowest BCUT2D eigenvalue weighted by atomic mass is 10.1. The summed E-state index contributed by atoms with van der Waals surface area (Å²) in [6.45, 7) is 5.27. The Morgan fingerprint density at radius 1 is 1.08 bits per heavy atom. The molecular weight excluding hydrogens is 332 g/mol. The van der Waals surface area contributed by atoms with E-state index in [0.717, 1.165) is 12.1 Å². The maximum atomic E-state index is 12.5. The van der Waals surface area contributed by atoms with Crippen LogP contribution in [0.3, 0.4) is 0 Å². The summed E-state index contributed by atoms with van der Waals surface area (Å²) in [4.78, 5) is 15.0. The Morgan fingerprint density at radius 2 is 1.76 bits per heavy atom. The molecule has 2 aromatic carbocycles. The average molecular weight is 357 g/mol. The van der Waals surface area contributed by atoms with Gasteiger partial charge < -0.3 is 5.32 Å². The summed E-state index contributed by atoms with van der Waals surface area (Å²) in [7, 11) is 0. The minimum atomic E-state index is -0.130. The summed E-state index contributed by atoms with van der Waals surface area (Å²) in [5, 5.41) is 3.69. The first kappa shape index (κ1) is 18.0. The highest BCUT2D eigenvalue weighted by molar-refractivity contribution is 6.31. The van der Waals surface area contributed by atoms with E-state index in [0.29, 0.717) is 10.6 Å². The van der Waals surface area contributed by atoms with Crippen molar-refractivity contribution in [2.24, 2.45) is 0 Å². The van der Waals surface area contributed by atoms with Gasteiger partial charge in [-0.3, -0.25) is 9.69 Å². The van der Waals surface area contributed by atoms with Crippen molar-refractivity contribution in [1.82, 2.24) is 10.2 Å². The van der Waals surface area contributed by atoms with Crippen LogP contribution in [0.4, 0.5) is 0 Å². The van der Waals surface area contributed by atoms with Gasteiger partial charge in [-0.1, -0.05) is 48.4 Å². The molecule has 1 atom stereocenters. The number of carbonyl (C=O) groups is 1. The van der Waals surface area contributed by atoms with Gasteiger partial charge in [0, 0.05) is 17.1 Å². The van der Waals surface area contributed by atoms with Crippen LogP contribution in [0.15, 0.2) is 48.5 Å². The molecule has 1 aliphatic rings. The van der Waals surface area contributed by atoms with Crippen molar-refractivity contribution in [3.8, 4) is 0 Å². The van der Waals surface area contributed by atoms with Gasteiger partial charge in [-0.2, -0.15) is 0 Å². The number of amides is 1. The molecule has 1 amide bonds. The van der Waals surface area contributed by atoms with Crippen LogP contribution in [0.1, 0.15) is 53.7 Å². The lowest BCUT2D eigenvalue weighted by Gasteiger charge is -2.26. The Morgan fingerprint density at radius 3 is 2.44 bits per heavy atom. The van der Waals surface area contributed by atoms with Crippen LogP contribution in [0.25, 0.3) is 0 Å². The van der Waals surface area contributed by atoms with E-state index < -0.39 is 0 Å². The molecule has 3 nitrogen and oxygen atoms in total. The summed E-state index contributed by atoms with van der Waals surface area (Å²) >= 11 is 6.21. The quantitative estimate of drug-likeness (QED) is 0.833. The molecule has 0 spiro atoms. The number of hydrogen-bond acceptors (Lipinski definition) is 2. The van der Waals surface area contributed by atoms with E-state index in [1.165, 1.54) is 37.9 Å². The van der Waals surface area contributed by atoms with Crippen LogP contribution in [0, 0.1) is 0 Å². The summed E-state index contributed by atoms with van der Waals surface area (Å²) in [5.41, 5.74) is 2.87. The number of piperidine rings is 1. The molecule has 1 aliphatic heterocycles. The van der Waals surface area contributed by atoms with Gasteiger partial charge in [0.15, 0.2) is 0 Å². The van der Waals surface area contributed by atoms with Gasteiger partial charge in [0.25, 0.3) is 5.91 Å². The number of benzene rings is 2. The monoisotopic (exact) mass is 356 g/mol. The van der Waals surface area contributed by atoms with E-state index in [1.54, 1.807) is 0 Å². The van der Waals surface area contributed by atoms with Crippen molar-refractivity contribution in [2.75, 3.05) is 13.1 Å². The first-order chi connectivity index (χ1) is 12.1. The summed E-state index contributed by atoms with van der Waals surface area (Å²) in [5.74, 6) is -0.0723. The zero-order valence-corrected chi connectivity index (χ0v) is 15.4. The number of likely N-dealkylation sites (tertiary alicyclic amines) is 1. The Labute approximate surface area is 155 Å². The molecule has 4 heteroatoms. The van der Waals surface area contributed by atoms with Gasteiger partial charge >= 0.3 is 0 Å². The second-order valence-electron chi connectivity index (χ2n) is 6.75. The van der Waals surface area contributed by atoms with Crippen molar-refractivity contribution in [3.05, 3.63) is 70.2 Å². The third-order valence-electron chi connectivity index (χ3n) is 4.79. The lowest BCUT2D eigenvalue weighted by Crippen LogP contribution is -2.29. The summed E-state index contributed by atoms with van der Waals surface area (Å²) < 4.78 is 0. The predicted octanol–water partition coefficient (Wildman–Crippen LogP) is 4.82. The first-order valence-corrected chi connectivity index (χ1v) is 9.38. The predicted molar refractivity (Wildman–Crippen MR) is 103 cm³/mol. The number of carbonyl (C=O) groups excluding carboxylic acids is 1. The lowest BCUT2D eigenvalue weighted by molar-refractivity contribution is 0.0940. The molecule has 3 rings (SSSR count). The van der Waals surface area contributed by atoms with Crippen LogP contribution in [-0.4, -0.2) is 23.9 Å². The first-order valence-electron chi connectivity index (χ1n) is 9.00. The molecule has 0 bridgehead atoms. The van der Waals surface area contributed by atoms with Crippen LogP contribution in [0.5, 0.6) is 0 Å². The molecule has 1 heterocycles. The van der Waals surface area contributed by atoms with Crippen LogP contribution in [-0.2, 0) is 6.54 Å². The van der Waals surface area contributed by atoms with Gasteiger partial charge in [-0.25, -0.2) is 0 Å². The van der Waals surface area contributed by atoms with Crippen molar-refractivity contribution in [2.45, 2.75) is 38.8 Å². The number of nitrogens with one attached hydrogen (secondary N) is 1. The number of hydrogen-bond donors (Lipinski definition) is 1. The minimum absolute atomic E-state index is 0.0723. The Kier molecular flexibility index (Phi) is 6.11. The van der Waals surface area contributed by atoms with Crippen LogP contribution < -0.4 is 5.32 Å². The minimum Gasteiger partial charge on any atom is -0.345 e. The van der Waals surface area contributed by atoms with Gasteiger partial charge in [-0.05, 0) is 62.2 Å². The topological polar surface area (TPSA) is 32.3 Å². The highest BCUT2D eigenvalue weighted by atomic mass is 35.5. The van der Waals surface area contributed by atoms with Crippen molar-refractivity contribution < 1.29 is 4.79 Å². The van der Waals surface area contributed by atoms with E-state index >= 15 is 0 Å². The molecule has 0 saturated carbocycles. The third kappa shape index (κ3) is 4.83. The van der Waals surface area contributed by atoms with Crippen molar-refractivity contribution in [1.29, 1.82) is 0 Å². The largest absolute Gasteiger partial charge is 0.345 e. The maximum absolute atomic E-state index is 12.5. The third-order valence-corrected chi connectivity index (χ3v) is 5.13. The van der Waals surface area contributed by atoms with E-state index in [4.69, 9.17) is 11.6 Å². The van der Waals surface area contributed by atoms with E-state index in [2.05, 4.69) is 22.3 Å². The molecule has 1 saturated heterocycles. The molecule has 1 N–H and O–H groups in total. The van der Waals surface area contributed by atoms with Gasteiger partial charge in [0.2, 0.25) is 0 Å². The smallest absolute Gasteiger partial charge is 0.251 e. The van der Waals surface area contributed by atoms with Gasteiger partial charge in [0.05, 0.1) is 6.04 Å². The Hall–Kier alpha value is -1.84. The second kappa shape index (κ2) is 8.50. The normalized spacial score (nSPS) is 16.4. The van der Waals surface area contributed by atoms with Gasteiger partial charge in [0.1, 0.15) is 0 Å². The average Bonchev–Trinajstić information content (AvgIpc) is 2.63. The molecular formula is C21H25ClN2O. The maximum Gasteiger partial charge on any atom is 0.251 e. The van der Waals surface area contributed by atoms with Crippen molar-refractivity contribution in [3.63, 3.8) is 0 Å². The molecule has 1 fully saturated rings. The fraction of sp³-hybridized carbons (Fsp3) is 0.381. The highest BCUT2D eigenvalue weighted by Gasteiger charge is 2.14. The molecule has 2 aromatic rings. The Balaban J connectivity index is 1.59. The second-order valence-corrected chi connectivity index (χ2v) is 7.16. The highest BCUT2D eigenvalue weighted by Crippen LogP contribution is 2.22. The molecule has 132 valence electrons. The van der Waals surface area contributed by atoms with E-state index in [9.17, 15) is 4.79 Å². The molecule has 25 heavy (non-hydrogen) atoms. The molecule has 0 radical (unpaired) electrons. The van der Waals surface area contributed by atoms with E-state index in [1.807, 2.05) is 43.3 Å². The van der Waals surface area contributed by atoms with Crippen molar-refractivity contribution >= 4 is 17.5 Å². The fourth-order valence-electron chi connectivity index (χ4n) is 3.32. The van der Waals surface area contributed by atoms with Crippen LogP contribution >= 0.6 is 11.6 Å². The molecule has 0 aromatic heterocycles. The van der Waals surface area contributed by atoms with E-state index in [-0.39, 0.29) is 11.9 Å². The standard InChI is InChI=1S/C21H25ClN2O/c1-16(19-7-3-4-8-20(19)22)23-21(25)18-11-9-17(10-12-18)15-24-13-5-2-6-14-24/h3-4,7-12,16H,2,5-6,13-15H2,1H3,(H,23,25)/t16-/m0/s1. The number of rotatable bonds is 5. The van der Waals surface area contributed by atoms with Crippen LogP contribution in [0.2, 0.25) is 5.02 Å². The van der Waals surface area contributed by atoms with Gasteiger partial charge in [-0.15, -0.1) is 0 Å². The molecule has 0 aliphatic carbocycles. The Bertz CT molecular complexity index is 708. The SMILES string of the molecule is C[C@H](NC(=O)c1ccc(CN2CCCCC2)cc1)c1ccccc1Cl. The summed E-state index contributed by atoms with van der Waals surface area (Å²) in [6, 6.07) is 15.4.